The van der Waals surface area contributed by atoms with Gasteiger partial charge in [-0.05, 0) is 37.0 Å². The molecule has 1 aromatic rings. The van der Waals surface area contributed by atoms with Gasteiger partial charge in [0.15, 0.2) is 5.60 Å². The smallest absolute Gasteiger partial charge is 0.164 e. The molecular weight excluding hydrogens is 229 g/mol. The molecule has 0 amide bonds. The van der Waals surface area contributed by atoms with Crippen molar-refractivity contribution in [2.75, 3.05) is 6.61 Å². The van der Waals surface area contributed by atoms with Crippen LogP contribution in [0.1, 0.15) is 25.3 Å². The zero-order valence-electron chi connectivity index (χ0n) is 10.4. The summed E-state index contributed by atoms with van der Waals surface area (Å²) in [6, 6.07) is 8.96. The third kappa shape index (κ3) is 1.42. The lowest BCUT2D eigenvalue weighted by atomic mass is 9.68. The molecule has 1 unspecified atom stereocenters. The van der Waals surface area contributed by atoms with E-state index in [-0.39, 0.29) is 17.2 Å². The third-order valence-electron chi connectivity index (χ3n) is 4.70. The average molecular weight is 245 g/mol. The molecule has 1 heterocycles. The molecule has 0 spiro atoms. The zero-order chi connectivity index (χ0) is 12.8. The van der Waals surface area contributed by atoms with Gasteiger partial charge in [0, 0.05) is 11.3 Å². The van der Waals surface area contributed by atoms with Gasteiger partial charge in [0.2, 0.25) is 0 Å². The van der Waals surface area contributed by atoms with Gasteiger partial charge in [-0.2, -0.15) is 5.26 Å². The molecule has 0 radical (unpaired) electrons. The van der Waals surface area contributed by atoms with Crippen LogP contribution in [-0.4, -0.2) is 12.2 Å². The minimum Gasteiger partial charge on any atom is -0.358 e. The summed E-state index contributed by atoms with van der Waals surface area (Å²) in [5.74, 6) is 0.0108. The monoisotopic (exact) mass is 245 g/mol. The molecule has 2 aliphatic rings. The summed E-state index contributed by atoms with van der Waals surface area (Å²) >= 11 is 0. The minimum absolute atomic E-state index is 0.0203. The number of ether oxygens (including phenoxy) is 1. The first-order valence-corrected chi connectivity index (χ1v) is 6.39. The van der Waals surface area contributed by atoms with Gasteiger partial charge in [0.1, 0.15) is 5.82 Å². The van der Waals surface area contributed by atoms with E-state index in [1.165, 1.54) is 12.1 Å². The molecule has 2 fully saturated rings. The molecule has 1 aromatic carbocycles. The van der Waals surface area contributed by atoms with Crippen LogP contribution in [0.4, 0.5) is 4.39 Å². The highest BCUT2D eigenvalue weighted by atomic mass is 19.1. The van der Waals surface area contributed by atoms with Crippen LogP contribution in [0.2, 0.25) is 0 Å². The first-order chi connectivity index (χ1) is 8.60. The molecule has 1 aliphatic heterocycles. The molecule has 18 heavy (non-hydrogen) atoms. The topological polar surface area (TPSA) is 33.0 Å². The molecular formula is C15H16FNO. The van der Waals surface area contributed by atoms with E-state index in [2.05, 4.69) is 13.0 Å². The van der Waals surface area contributed by atoms with Crippen molar-refractivity contribution in [1.82, 2.24) is 0 Å². The van der Waals surface area contributed by atoms with E-state index in [4.69, 9.17) is 4.74 Å². The van der Waals surface area contributed by atoms with E-state index >= 15 is 0 Å². The van der Waals surface area contributed by atoms with Crippen LogP contribution in [0.5, 0.6) is 0 Å². The summed E-state index contributed by atoms with van der Waals surface area (Å²) in [7, 11) is 0. The van der Waals surface area contributed by atoms with Gasteiger partial charge in [-0.1, -0.05) is 19.1 Å². The van der Waals surface area contributed by atoms with Crippen LogP contribution in [0.15, 0.2) is 24.3 Å². The summed E-state index contributed by atoms with van der Waals surface area (Å²) in [6.07, 6.45) is 2.86. The lowest BCUT2D eigenvalue weighted by molar-refractivity contribution is -0.225. The Bertz CT molecular complexity index is 506. The Morgan fingerprint density at radius 3 is 2.72 bits per heavy atom. The van der Waals surface area contributed by atoms with Crippen LogP contribution < -0.4 is 0 Å². The Kier molecular flexibility index (Phi) is 2.46. The van der Waals surface area contributed by atoms with E-state index in [0.717, 1.165) is 24.8 Å². The average Bonchev–Trinajstić information content (AvgIpc) is 2.54. The van der Waals surface area contributed by atoms with Gasteiger partial charge >= 0.3 is 0 Å². The molecule has 0 aromatic heterocycles. The molecule has 1 saturated heterocycles. The summed E-state index contributed by atoms with van der Waals surface area (Å²) < 4.78 is 18.5. The Labute approximate surface area is 106 Å². The fraction of sp³-hybridized carbons (Fsp3) is 0.533. The Morgan fingerprint density at radius 2 is 2.17 bits per heavy atom. The van der Waals surface area contributed by atoms with Gasteiger partial charge in [-0.25, -0.2) is 4.39 Å². The largest absolute Gasteiger partial charge is 0.358 e. The van der Waals surface area contributed by atoms with Crippen molar-refractivity contribution in [3.63, 3.8) is 0 Å². The lowest BCUT2D eigenvalue weighted by Gasteiger charge is -2.51. The number of nitrogens with zero attached hydrogens (tertiary/aromatic N) is 1. The SMILES string of the molecule is C[C@@]12CCC(Cc3ccc(F)cc3)[C@]1(C#N)OC2. The van der Waals surface area contributed by atoms with Gasteiger partial charge in [-0.3, -0.25) is 0 Å². The quantitative estimate of drug-likeness (QED) is 0.802. The predicted molar refractivity (Wildman–Crippen MR) is 65.2 cm³/mol. The number of nitriles is 1. The third-order valence-corrected chi connectivity index (χ3v) is 4.70. The van der Waals surface area contributed by atoms with E-state index in [1.54, 1.807) is 12.1 Å². The number of rotatable bonds is 2. The van der Waals surface area contributed by atoms with Crippen LogP contribution >= 0.6 is 0 Å². The molecule has 3 heteroatoms. The molecule has 3 rings (SSSR count). The summed E-state index contributed by atoms with van der Waals surface area (Å²) in [5.41, 5.74) is 0.490. The van der Waals surface area contributed by atoms with E-state index < -0.39 is 5.60 Å². The molecule has 0 N–H and O–H groups in total. The van der Waals surface area contributed by atoms with E-state index in [0.29, 0.717) is 6.61 Å². The number of hydrogen-bond donors (Lipinski definition) is 0. The first kappa shape index (κ1) is 11.7. The van der Waals surface area contributed by atoms with E-state index in [1.807, 2.05) is 0 Å². The van der Waals surface area contributed by atoms with Gasteiger partial charge < -0.3 is 4.74 Å². The highest BCUT2D eigenvalue weighted by molar-refractivity contribution is 5.27. The fourth-order valence-electron chi connectivity index (χ4n) is 3.45. The number of hydrogen-bond acceptors (Lipinski definition) is 2. The zero-order valence-corrected chi connectivity index (χ0v) is 10.4. The van der Waals surface area contributed by atoms with Crippen molar-refractivity contribution in [2.24, 2.45) is 11.3 Å². The van der Waals surface area contributed by atoms with Crippen LogP contribution in [0, 0.1) is 28.5 Å². The van der Waals surface area contributed by atoms with Crippen LogP contribution in [0.25, 0.3) is 0 Å². The minimum atomic E-state index is -0.610. The number of fused-ring (bicyclic) bond motifs is 1. The maximum atomic E-state index is 12.9. The van der Waals surface area contributed by atoms with E-state index in [9.17, 15) is 9.65 Å². The van der Waals surface area contributed by atoms with Crippen molar-refractivity contribution >= 4 is 0 Å². The van der Waals surface area contributed by atoms with Crippen LogP contribution in [0.3, 0.4) is 0 Å². The maximum absolute atomic E-state index is 12.9. The van der Waals surface area contributed by atoms with Gasteiger partial charge in [-0.15, -0.1) is 0 Å². The summed E-state index contributed by atoms with van der Waals surface area (Å²) in [5, 5.41) is 9.47. The highest BCUT2D eigenvalue weighted by Gasteiger charge is 2.66. The molecule has 0 bridgehead atoms. The standard InChI is InChI=1S/C15H16FNO/c1-14-7-6-12(15(14,9-17)18-10-14)8-11-2-4-13(16)5-3-11/h2-5,12H,6-8,10H2,1H3/t12?,14-,15-/m0/s1. The number of halogens is 1. The second kappa shape index (κ2) is 3.80. The fourth-order valence-corrected chi connectivity index (χ4v) is 3.45. The second-order valence-electron chi connectivity index (χ2n) is 5.76. The normalized spacial score (nSPS) is 37.7. The summed E-state index contributed by atoms with van der Waals surface area (Å²) in [6.45, 7) is 2.84. The Balaban J connectivity index is 1.82. The van der Waals surface area contributed by atoms with Crippen LogP contribution in [-0.2, 0) is 11.2 Å². The molecule has 3 atom stereocenters. The van der Waals surface area contributed by atoms with Gasteiger partial charge in [0.05, 0.1) is 12.7 Å². The number of benzene rings is 1. The van der Waals surface area contributed by atoms with Crippen molar-refractivity contribution in [2.45, 2.75) is 31.8 Å². The summed E-state index contributed by atoms with van der Waals surface area (Å²) in [4.78, 5) is 0. The maximum Gasteiger partial charge on any atom is 0.164 e. The molecule has 2 nitrogen and oxygen atoms in total. The Hall–Kier alpha value is -1.40. The van der Waals surface area contributed by atoms with Crippen molar-refractivity contribution in [3.8, 4) is 6.07 Å². The predicted octanol–water partition coefficient (Wildman–Crippen LogP) is 3.08. The van der Waals surface area contributed by atoms with Crippen molar-refractivity contribution in [1.29, 1.82) is 5.26 Å². The molecule has 94 valence electrons. The first-order valence-electron chi connectivity index (χ1n) is 6.39. The molecule has 1 saturated carbocycles. The highest BCUT2D eigenvalue weighted by Crippen LogP contribution is 2.59. The Morgan fingerprint density at radius 1 is 1.44 bits per heavy atom. The van der Waals surface area contributed by atoms with Crippen molar-refractivity contribution in [3.05, 3.63) is 35.6 Å². The lowest BCUT2D eigenvalue weighted by Crippen LogP contribution is -2.60. The second-order valence-corrected chi connectivity index (χ2v) is 5.76. The van der Waals surface area contributed by atoms with Gasteiger partial charge in [0.25, 0.3) is 0 Å². The van der Waals surface area contributed by atoms with Crippen molar-refractivity contribution < 1.29 is 9.13 Å². The molecule has 1 aliphatic carbocycles.